The molecule has 6 heteroatoms. The molecule has 0 N–H and O–H groups in total. The molecule has 0 bridgehead atoms. The molecule has 0 aliphatic rings. The minimum atomic E-state index is -0.436. The van der Waals surface area contributed by atoms with Crippen molar-refractivity contribution >= 4 is 11.6 Å². The van der Waals surface area contributed by atoms with E-state index in [1.807, 2.05) is 13.8 Å². The van der Waals surface area contributed by atoms with E-state index in [9.17, 15) is 4.79 Å². The fourth-order valence-electron chi connectivity index (χ4n) is 1.84. The summed E-state index contributed by atoms with van der Waals surface area (Å²) in [7, 11) is 1.35. The summed E-state index contributed by atoms with van der Waals surface area (Å²) in [6.07, 6.45) is 1.72. The van der Waals surface area contributed by atoms with Gasteiger partial charge in [0.1, 0.15) is 0 Å². The summed E-state index contributed by atoms with van der Waals surface area (Å²) >= 11 is 0. The number of hydrogen-bond donors (Lipinski definition) is 0. The molecule has 0 aliphatic heterocycles. The molecular formula is C12H16N4O2. The number of ether oxygens (including phenoxy) is 1. The molecule has 0 atom stereocenters. The lowest BCUT2D eigenvalue weighted by Gasteiger charge is -2.07. The van der Waals surface area contributed by atoms with E-state index < -0.39 is 5.97 Å². The Morgan fingerprint density at radius 1 is 1.28 bits per heavy atom. The lowest BCUT2D eigenvalue weighted by atomic mass is 10.1. The first-order valence-corrected chi connectivity index (χ1v) is 5.90. The maximum absolute atomic E-state index is 11.7. The smallest absolute Gasteiger partial charge is 0.358 e. The second-order valence-electron chi connectivity index (χ2n) is 4.19. The van der Waals surface area contributed by atoms with Crippen LogP contribution in [0.5, 0.6) is 0 Å². The van der Waals surface area contributed by atoms with Gasteiger partial charge >= 0.3 is 5.97 Å². The topological polar surface area (TPSA) is 69.4 Å². The molecule has 0 saturated heterocycles. The van der Waals surface area contributed by atoms with Crippen LogP contribution in [0, 0.1) is 13.8 Å². The summed E-state index contributed by atoms with van der Waals surface area (Å²) in [4.78, 5) is 11.7. The van der Waals surface area contributed by atoms with E-state index in [0.29, 0.717) is 11.3 Å². The molecule has 0 spiro atoms. The Hall–Kier alpha value is -1.98. The Kier molecular flexibility index (Phi) is 3.27. The highest BCUT2D eigenvalue weighted by Crippen LogP contribution is 2.17. The Labute approximate surface area is 105 Å². The number of aryl methyl sites for hydroxylation is 2. The van der Waals surface area contributed by atoms with E-state index in [1.54, 1.807) is 4.52 Å². The highest BCUT2D eigenvalue weighted by atomic mass is 16.5. The van der Waals surface area contributed by atoms with Gasteiger partial charge < -0.3 is 4.74 Å². The first-order chi connectivity index (χ1) is 8.60. The van der Waals surface area contributed by atoms with Crippen LogP contribution in [0.3, 0.4) is 0 Å². The van der Waals surface area contributed by atoms with Crippen LogP contribution in [-0.2, 0) is 11.2 Å². The van der Waals surface area contributed by atoms with Gasteiger partial charge in [-0.05, 0) is 25.8 Å². The monoisotopic (exact) mass is 248 g/mol. The molecule has 2 aromatic rings. The molecule has 96 valence electrons. The maximum Gasteiger partial charge on any atom is 0.358 e. The van der Waals surface area contributed by atoms with Crippen LogP contribution in [-0.4, -0.2) is 32.9 Å². The number of nitrogens with zero attached hydrogens (tertiary/aromatic N) is 4. The molecule has 2 rings (SSSR count). The van der Waals surface area contributed by atoms with Crippen LogP contribution < -0.4 is 0 Å². The number of carbonyl (C=O) groups excluding carboxylic acids is 1. The average molecular weight is 248 g/mol. The third-order valence-corrected chi connectivity index (χ3v) is 3.01. The SMILES string of the molecule is CCCc1nnc2c(C)c(C)c(C(=O)OC)nn12. The second-order valence-corrected chi connectivity index (χ2v) is 4.19. The quantitative estimate of drug-likeness (QED) is 0.769. The highest BCUT2D eigenvalue weighted by Gasteiger charge is 2.18. The number of fused-ring (bicyclic) bond motifs is 1. The third-order valence-electron chi connectivity index (χ3n) is 3.01. The molecule has 0 radical (unpaired) electrons. The van der Waals surface area contributed by atoms with Crippen molar-refractivity contribution < 1.29 is 9.53 Å². The van der Waals surface area contributed by atoms with Crippen molar-refractivity contribution in [2.75, 3.05) is 7.11 Å². The Balaban J connectivity index is 2.70. The summed E-state index contributed by atoms with van der Waals surface area (Å²) < 4.78 is 6.38. The molecule has 0 amide bonds. The predicted octanol–water partition coefficient (Wildman–Crippen LogP) is 1.48. The van der Waals surface area contributed by atoms with E-state index in [0.717, 1.165) is 29.8 Å². The normalized spacial score (nSPS) is 10.9. The van der Waals surface area contributed by atoms with Gasteiger partial charge in [-0.1, -0.05) is 6.92 Å². The molecule has 2 heterocycles. The molecule has 0 fully saturated rings. The van der Waals surface area contributed by atoms with Crippen LogP contribution in [0.15, 0.2) is 0 Å². The van der Waals surface area contributed by atoms with E-state index in [1.165, 1.54) is 7.11 Å². The maximum atomic E-state index is 11.7. The zero-order valence-corrected chi connectivity index (χ0v) is 11.0. The summed E-state index contributed by atoms with van der Waals surface area (Å²) in [6, 6.07) is 0. The second kappa shape index (κ2) is 4.72. The molecule has 6 nitrogen and oxygen atoms in total. The lowest BCUT2D eigenvalue weighted by molar-refractivity contribution is 0.0591. The summed E-state index contributed by atoms with van der Waals surface area (Å²) in [5.74, 6) is 0.328. The molecule has 0 aromatic carbocycles. The Bertz CT molecular complexity index is 604. The minimum absolute atomic E-state index is 0.319. The standard InChI is InChI=1S/C12H16N4O2/c1-5-6-9-13-14-11-8(3)7(2)10(12(17)18-4)15-16(9)11/h5-6H2,1-4H3. The summed E-state index contributed by atoms with van der Waals surface area (Å²) in [5.41, 5.74) is 2.70. The Morgan fingerprint density at radius 2 is 2.00 bits per heavy atom. The van der Waals surface area contributed by atoms with Gasteiger partial charge in [0.2, 0.25) is 0 Å². The van der Waals surface area contributed by atoms with E-state index in [4.69, 9.17) is 4.74 Å². The van der Waals surface area contributed by atoms with Gasteiger partial charge in [-0.25, -0.2) is 4.79 Å². The fraction of sp³-hybridized carbons (Fsp3) is 0.500. The van der Waals surface area contributed by atoms with Crippen molar-refractivity contribution in [2.45, 2.75) is 33.6 Å². The molecule has 18 heavy (non-hydrogen) atoms. The van der Waals surface area contributed by atoms with Crippen molar-refractivity contribution in [3.63, 3.8) is 0 Å². The van der Waals surface area contributed by atoms with Crippen molar-refractivity contribution in [2.24, 2.45) is 0 Å². The number of carbonyl (C=O) groups is 1. The highest BCUT2D eigenvalue weighted by molar-refractivity contribution is 5.89. The zero-order chi connectivity index (χ0) is 13.3. The van der Waals surface area contributed by atoms with Crippen molar-refractivity contribution in [3.05, 3.63) is 22.6 Å². The first-order valence-electron chi connectivity index (χ1n) is 5.90. The van der Waals surface area contributed by atoms with Gasteiger partial charge in [0.15, 0.2) is 17.2 Å². The molecule has 0 aliphatic carbocycles. The fourth-order valence-corrected chi connectivity index (χ4v) is 1.84. The minimum Gasteiger partial charge on any atom is -0.464 e. The zero-order valence-electron chi connectivity index (χ0n) is 11.0. The van der Waals surface area contributed by atoms with E-state index in [2.05, 4.69) is 22.2 Å². The third kappa shape index (κ3) is 1.83. The van der Waals surface area contributed by atoms with Crippen LogP contribution in [0.4, 0.5) is 0 Å². The first kappa shape index (κ1) is 12.5. The molecule has 0 unspecified atom stereocenters. The number of hydrogen-bond acceptors (Lipinski definition) is 5. The van der Waals surface area contributed by atoms with Crippen molar-refractivity contribution in [3.8, 4) is 0 Å². The van der Waals surface area contributed by atoms with E-state index in [-0.39, 0.29) is 0 Å². The molecule has 2 aromatic heterocycles. The number of methoxy groups -OCH3 is 1. The number of aromatic nitrogens is 4. The van der Waals surface area contributed by atoms with Gasteiger partial charge in [-0.2, -0.15) is 9.61 Å². The predicted molar refractivity (Wildman–Crippen MR) is 65.6 cm³/mol. The number of rotatable bonds is 3. The number of esters is 1. The van der Waals surface area contributed by atoms with Crippen molar-refractivity contribution in [1.82, 2.24) is 19.8 Å². The van der Waals surface area contributed by atoms with Crippen LogP contribution >= 0.6 is 0 Å². The largest absolute Gasteiger partial charge is 0.464 e. The van der Waals surface area contributed by atoms with Gasteiger partial charge in [-0.3, -0.25) is 0 Å². The van der Waals surface area contributed by atoms with Gasteiger partial charge in [0, 0.05) is 12.0 Å². The summed E-state index contributed by atoms with van der Waals surface area (Å²) in [6.45, 7) is 5.80. The van der Waals surface area contributed by atoms with Crippen LogP contribution in [0.25, 0.3) is 5.65 Å². The Morgan fingerprint density at radius 3 is 2.61 bits per heavy atom. The molecular weight excluding hydrogens is 232 g/mol. The van der Waals surface area contributed by atoms with Gasteiger partial charge in [0.25, 0.3) is 0 Å². The van der Waals surface area contributed by atoms with Crippen LogP contribution in [0.2, 0.25) is 0 Å². The van der Waals surface area contributed by atoms with Gasteiger partial charge in [0.05, 0.1) is 7.11 Å². The van der Waals surface area contributed by atoms with Crippen molar-refractivity contribution in [1.29, 1.82) is 0 Å². The molecule has 0 saturated carbocycles. The lowest BCUT2D eigenvalue weighted by Crippen LogP contribution is -2.13. The average Bonchev–Trinajstić information content (AvgIpc) is 2.76. The van der Waals surface area contributed by atoms with Gasteiger partial charge in [-0.15, -0.1) is 10.2 Å². The van der Waals surface area contributed by atoms with E-state index >= 15 is 0 Å². The van der Waals surface area contributed by atoms with Crippen LogP contribution in [0.1, 0.15) is 40.8 Å². The summed E-state index contributed by atoms with van der Waals surface area (Å²) in [5, 5.41) is 12.5.